The summed E-state index contributed by atoms with van der Waals surface area (Å²) in [5.74, 6) is -0.423. The van der Waals surface area contributed by atoms with E-state index in [0.717, 1.165) is 43.3 Å². The number of hydrogen-bond acceptors (Lipinski definition) is 5. The molecule has 0 amide bonds. The van der Waals surface area contributed by atoms with Crippen LogP contribution in [0.5, 0.6) is 0 Å². The van der Waals surface area contributed by atoms with Crippen molar-refractivity contribution in [3.05, 3.63) is 81.3 Å². The van der Waals surface area contributed by atoms with E-state index in [1.54, 1.807) is 12.1 Å². The Labute approximate surface area is 190 Å². The number of thiophene rings is 1. The van der Waals surface area contributed by atoms with Crippen molar-refractivity contribution in [3.63, 3.8) is 0 Å². The number of morpholine rings is 1. The Hall–Kier alpha value is -1.97. The molecule has 0 radical (unpaired) electrons. The fourth-order valence-electron chi connectivity index (χ4n) is 3.43. The van der Waals surface area contributed by atoms with Crippen LogP contribution in [0.15, 0.2) is 64.9 Å². The molecule has 2 aromatic carbocycles. The molecular weight excluding hydrogens is 459 g/mol. The van der Waals surface area contributed by atoms with Gasteiger partial charge in [-0.3, -0.25) is 9.21 Å². The Morgan fingerprint density at radius 1 is 1.10 bits per heavy atom. The highest BCUT2D eigenvalue weighted by atomic mass is 35.5. The van der Waals surface area contributed by atoms with Gasteiger partial charge in [0, 0.05) is 29.5 Å². The monoisotopic (exact) mass is 480 g/mol. The molecule has 1 saturated heterocycles. The van der Waals surface area contributed by atoms with Crippen molar-refractivity contribution in [2.75, 3.05) is 30.6 Å². The zero-order valence-corrected chi connectivity index (χ0v) is 19.1. The summed E-state index contributed by atoms with van der Waals surface area (Å²) in [6, 6.07) is 13.6. The molecule has 0 saturated carbocycles. The van der Waals surface area contributed by atoms with Crippen molar-refractivity contribution in [2.45, 2.75) is 18.0 Å². The molecule has 9 heteroatoms. The lowest BCUT2D eigenvalue weighted by Gasteiger charge is -2.26. The summed E-state index contributed by atoms with van der Waals surface area (Å²) in [6.07, 6.45) is 0. The van der Waals surface area contributed by atoms with Gasteiger partial charge in [0.15, 0.2) is 0 Å². The third-order valence-corrected chi connectivity index (χ3v) is 7.99. The summed E-state index contributed by atoms with van der Waals surface area (Å²) >= 11 is 7.55. The predicted octanol–water partition coefficient (Wildman–Crippen LogP) is 4.77. The van der Waals surface area contributed by atoms with Crippen LogP contribution in [0.3, 0.4) is 0 Å². The lowest BCUT2D eigenvalue weighted by atomic mass is 10.2. The zero-order valence-electron chi connectivity index (χ0n) is 16.7. The van der Waals surface area contributed by atoms with Crippen LogP contribution in [0.25, 0.3) is 0 Å². The van der Waals surface area contributed by atoms with Crippen molar-refractivity contribution < 1.29 is 17.5 Å². The maximum atomic E-state index is 13.5. The Bertz CT molecular complexity index is 1130. The van der Waals surface area contributed by atoms with E-state index in [1.807, 2.05) is 6.07 Å². The molecule has 2 heterocycles. The number of rotatable bonds is 7. The van der Waals surface area contributed by atoms with Crippen molar-refractivity contribution in [1.82, 2.24) is 4.90 Å². The molecular formula is C22H22ClFN2O3S2. The molecule has 0 aliphatic carbocycles. The number of sulfonamides is 1. The van der Waals surface area contributed by atoms with Gasteiger partial charge in [-0.05, 0) is 59.5 Å². The normalized spacial score (nSPS) is 15.2. The smallest absolute Gasteiger partial charge is 0.264 e. The van der Waals surface area contributed by atoms with Gasteiger partial charge in [-0.2, -0.15) is 0 Å². The van der Waals surface area contributed by atoms with Crippen LogP contribution < -0.4 is 4.31 Å². The summed E-state index contributed by atoms with van der Waals surface area (Å²) in [5.41, 5.74) is 1.53. The van der Waals surface area contributed by atoms with Crippen LogP contribution in [0.4, 0.5) is 10.1 Å². The minimum absolute atomic E-state index is 0.0921. The molecule has 5 nitrogen and oxygen atoms in total. The molecule has 1 aliphatic heterocycles. The molecule has 1 aromatic heterocycles. The standard InChI is InChI=1S/C22H22ClFN2O3S2/c23-18-2-1-3-22(13-18)31(27,28)26(20-6-4-19(24)5-7-20)15-21-12-17(16-30-21)14-25-8-10-29-11-9-25/h1-7,12-13,16H,8-11,14-15H2. The fourth-order valence-corrected chi connectivity index (χ4v) is 6.12. The number of anilines is 1. The zero-order chi connectivity index (χ0) is 21.8. The predicted molar refractivity (Wildman–Crippen MR) is 122 cm³/mol. The van der Waals surface area contributed by atoms with Gasteiger partial charge in [0.1, 0.15) is 5.82 Å². The van der Waals surface area contributed by atoms with Gasteiger partial charge in [-0.25, -0.2) is 12.8 Å². The van der Waals surface area contributed by atoms with Crippen LogP contribution in [-0.2, 0) is 27.8 Å². The number of ether oxygens (including phenoxy) is 1. The average Bonchev–Trinajstić information content (AvgIpc) is 3.20. The lowest BCUT2D eigenvalue weighted by molar-refractivity contribution is 0.0342. The van der Waals surface area contributed by atoms with Gasteiger partial charge < -0.3 is 4.74 Å². The maximum Gasteiger partial charge on any atom is 0.264 e. The van der Waals surface area contributed by atoms with Crippen LogP contribution in [0.2, 0.25) is 5.02 Å². The van der Waals surface area contributed by atoms with E-state index in [-0.39, 0.29) is 11.4 Å². The summed E-state index contributed by atoms with van der Waals surface area (Å²) in [4.78, 5) is 3.31. The van der Waals surface area contributed by atoms with Crippen LogP contribution >= 0.6 is 22.9 Å². The van der Waals surface area contributed by atoms with Crippen LogP contribution in [-0.4, -0.2) is 39.6 Å². The second-order valence-corrected chi connectivity index (χ2v) is 10.5. The lowest BCUT2D eigenvalue weighted by Crippen LogP contribution is -2.35. The number of benzene rings is 2. The SMILES string of the molecule is O=S(=O)(c1cccc(Cl)c1)N(Cc1cc(CN2CCOCC2)cs1)c1ccc(F)cc1. The third kappa shape index (κ3) is 5.45. The Kier molecular flexibility index (Phi) is 6.93. The first kappa shape index (κ1) is 22.2. The number of halogens is 2. The van der Waals surface area contributed by atoms with Gasteiger partial charge in [0.2, 0.25) is 0 Å². The van der Waals surface area contributed by atoms with Gasteiger partial charge in [0.05, 0.1) is 30.3 Å². The maximum absolute atomic E-state index is 13.5. The minimum atomic E-state index is -3.90. The topological polar surface area (TPSA) is 49.9 Å². The molecule has 0 atom stereocenters. The first-order valence-corrected chi connectivity index (χ1v) is 12.5. The second kappa shape index (κ2) is 9.67. The highest BCUT2D eigenvalue weighted by molar-refractivity contribution is 7.92. The number of hydrogen-bond donors (Lipinski definition) is 0. The van der Waals surface area contributed by atoms with E-state index in [4.69, 9.17) is 16.3 Å². The molecule has 31 heavy (non-hydrogen) atoms. The minimum Gasteiger partial charge on any atom is -0.379 e. The van der Waals surface area contributed by atoms with Crippen molar-refractivity contribution in [3.8, 4) is 0 Å². The quantitative estimate of drug-likeness (QED) is 0.489. The number of nitrogens with zero attached hydrogens (tertiary/aromatic N) is 2. The van der Waals surface area contributed by atoms with Gasteiger partial charge >= 0.3 is 0 Å². The molecule has 0 spiro atoms. The molecule has 3 aromatic rings. The van der Waals surface area contributed by atoms with E-state index < -0.39 is 15.8 Å². The summed E-state index contributed by atoms with van der Waals surface area (Å²) in [6.45, 7) is 4.18. The summed E-state index contributed by atoms with van der Waals surface area (Å²) in [5, 5.41) is 2.39. The fraction of sp³-hybridized carbons (Fsp3) is 0.273. The molecule has 0 N–H and O–H groups in total. The van der Waals surface area contributed by atoms with Crippen LogP contribution in [0, 0.1) is 5.82 Å². The molecule has 164 valence electrons. The highest BCUT2D eigenvalue weighted by Crippen LogP contribution is 2.29. The molecule has 0 unspecified atom stereocenters. The summed E-state index contributed by atoms with van der Waals surface area (Å²) < 4.78 is 47.1. The third-order valence-electron chi connectivity index (χ3n) is 5.02. The van der Waals surface area contributed by atoms with Crippen LogP contribution in [0.1, 0.15) is 10.4 Å². The van der Waals surface area contributed by atoms with Gasteiger partial charge in [-0.1, -0.05) is 17.7 Å². The van der Waals surface area contributed by atoms with Gasteiger partial charge in [-0.15, -0.1) is 11.3 Å². The van der Waals surface area contributed by atoms with E-state index in [9.17, 15) is 12.8 Å². The van der Waals surface area contributed by atoms with E-state index in [1.165, 1.54) is 52.0 Å². The Morgan fingerprint density at radius 3 is 2.55 bits per heavy atom. The van der Waals surface area contributed by atoms with E-state index >= 15 is 0 Å². The van der Waals surface area contributed by atoms with Crippen molar-refractivity contribution in [2.24, 2.45) is 0 Å². The second-order valence-electron chi connectivity index (χ2n) is 7.26. The van der Waals surface area contributed by atoms with E-state index in [2.05, 4.69) is 10.3 Å². The molecule has 1 aliphatic rings. The molecule has 0 bridgehead atoms. The Morgan fingerprint density at radius 2 is 1.84 bits per heavy atom. The molecule has 1 fully saturated rings. The van der Waals surface area contributed by atoms with Gasteiger partial charge in [0.25, 0.3) is 10.0 Å². The molecule has 4 rings (SSSR count). The van der Waals surface area contributed by atoms with Crippen molar-refractivity contribution in [1.29, 1.82) is 0 Å². The largest absolute Gasteiger partial charge is 0.379 e. The summed E-state index contributed by atoms with van der Waals surface area (Å²) in [7, 11) is -3.90. The first-order valence-electron chi connectivity index (χ1n) is 9.82. The Balaban J connectivity index is 1.62. The highest BCUT2D eigenvalue weighted by Gasteiger charge is 2.26. The first-order chi connectivity index (χ1) is 14.9. The van der Waals surface area contributed by atoms with E-state index in [0.29, 0.717) is 10.7 Å². The average molecular weight is 481 g/mol. The van der Waals surface area contributed by atoms with Crippen molar-refractivity contribution >= 4 is 38.6 Å².